The van der Waals surface area contributed by atoms with Crippen molar-refractivity contribution >= 4 is 23.2 Å². The van der Waals surface area contributed by atoms with Crippen LogP contribution in [0.4, 0.5) is 17.3 Å². The normalized spacial score (nSPS) is 20.1. The fraction of sp³-hybridized carbons (Fsp3) is 0.593. The van der Waals surface area contributed by atoms with Crippen LogP contribution in [-0.2, 0) is 4.79 Å². The van der Waals surface area contributed by atoms with Gasteiger partial charge in [-0.25, -0.2) is 0 Å². The number of amides is 1. The lowest BCUT2D eigenvalue weighted by molar-refractivity contribution is -0.136. The summed E-state index contributed by atoms with van der Waals surface area (Å²) in [6.07, 6.45) is 1.74. The molecule has 1 aromatic carbocycles. The zero-order valence-corrected chi connectivity index (χ0v) is 21.7. The molecule has 0 atom stereocenters. The lowest BCUT2D eigenvalue weighted by Crippen LogP contribution is -2.51. The van der Waals surface area contributed by atoms with E-state index in [0.29, 0.717) is 5.91 Å². The Morgan fingerprint density at radius 1 is 0.833 bits per heavy atom. The minimum Gasteiger partial charge on any atom is -0.497 e. The first kappa shape index (κ1) is 24.6. The van der Waals surface area contributed by atoms with Crippen LogP contribution in [0.2, 0.25) is 0 Å². The molecule has 0 N–H and O–H groups in total. The average Bonchev–Trinajstić information content (AvgIpc) is 2.97. The molecule has 9 nitrogen and oxygen atoms in total. The number of likely N-dealkylation sites (N-methyl/N-ethyl adjacent to an activating group) is 1. The molecule has 0 saturated carbocycles. The molecular weight excluding hydrogens is 454 g/mol. The molecule has 1 amide bonds. The number of piperazine rings is 2. The van der Waals surface area contributed by atoms with Crippen molar-refractivity contribution in [1.29, 1.82) is 0 Å². The third-order valence-electron chi connectivity index (χ3n) is 7.96. The summed E-state index contributed by atoms with van der Waals surface area (Å²) in [5.74, 6) is 3.17. The van der Waals surface area contributed by atoms with Crippen LogP contribution in [0.5, 0.6) is 5.75 Å². The van der Waals surface area contributed by atoms with E-state index < -0.39 is 0 Å². The Morgan fingerprint density at radius 2 is 1.44 bits per heavy atom. The summed E-state index contributed by atoms with van der Waals surface area (Å²) in [5, 5.41) is 9.06. The van der Waals surface area contributed by atoms with Gasteiger partial charge in [0, 0.05) is 83.1 Å². The SMILES string of the molecule is CCN1CCN(c2ccc(N3CCC(C(=O)N4CCN(c5cccc(OC)c5)CC4)CC3)nn2)CC1. The average molecular weight is 494 g/mol. The van der Waals surface area contributed by atoms with Crippen molar-refractivity contribution in [2.24, 2.45) is 5.92 Å². The summed E-state index contributed by atoms with van der Waals surface area (Å²) in [5.41, 5.74) is 1.16. The molecule has 194 valence electrons. The number of nitrogens with zero attached hydrogens (tertiary/aromatic N) is 7. The van der Waals surface area contributed by atoms with E-state index in [1.807, 2.05) is 12.1 Å². The van der Waals surface area contributed by atoms with E-state index in [4.69, 9.17) is 4.74 Å². The van der Waals surface area contributed by atoms with Crippen molar-refractivity contribution in [1.82, 2.24) is 20.0 Å². The smallest absolute Gasteiger partial charge is 0.225 e. The standard InChI is InChI=1S/C27H39N7O2/c1-3-30-13-15-33(16-14-30)26-8-7-25(28-29-26)32-11-9-22(10-12-32)27(35)34-19-17-31(18-20-34)23-5-4-6-24(21-23)36-2/h4-8,21-22H,3,9-20H2,1-2H3. The van der Waals surface area contributed by atoms with Crippen LogP contribution >= 0.6 is 0 Å². The summed E-state index contributed by atoms with van der Waals surface area (Å²) in [6.45, 7) is 12.4. The number of piperidine rings is 1. The third-order valence-corrected chi connectivity index (χ3v) is 7.96. The monoisotopic (exact) mass is 493 g/mol. The molecule has 3 aliphatic rings. The topological polar surface area (TPSA) is 68.3 Å². The number of methoxy groups -OCH3 is 1. The molecular formula is C27H39N7O2. The Labute approximate surface area is 214 Å². The number of anilines is 3. The van der Waals surface area contributed by atoms with Crippen LogP contribution in [0, 0.1) is 5.92 Å². The summed E-state index contributed by atoms with van der Waals surface area (Å²) >= 11 is 0. The second kappa shape index (κ2) is 11.3. The molecule has 0 radical (unpaired) electrons. The van der Waals surface area contributed by atoms with Gasteiger partial charge in [-0.1, -0.05) is 13.0 Å². The first-order valence-corrected chi connectivity index (χ1v) is 13.4. The lowest BCUT2D eigenvalue weighted by atomic mass is 9.95. The first-order chi connectivity index (χ1) is 17.6. The number of hydrogen-bond acceptors (Lipinski definition) is 8. The highest BCUT2D eigenvalue weighted by Gasteiger charge is 2.31. The molecule has 4 heterocycles. The van der Waals surface area contributed by atoms with Gasteiger partial charge in [0.05, 0.1) is 7.11 Å². The van der Waals surface area contributed by atoms with Crippen molar-refractivity contribution in [3.8, 4) is 5.75 Å². The first-order valence-electron chi connectivity index (χ1n) is 13.4. The van der Waals surface area contributed by atoms with Crippen molar-refractivity contribution in [2.75, 3.05) is 93.8 Å². The molecule has 0 aliphatic carbocycles. The largest absolute Gasteiger partial charge is 0.497 e. The minimum atomic E-state index is 0.103. The van der Waals surface area contributed by atoms with E-state index in [-0.39, 0.29) is 5.92 Å². The molecule has 0 spiro atoms. The van der Waals surface area contributed by atoms with Gasteiger partial charge in [-0.2, -0.15) is 0 Å². The Hall–Kier alpha value is -3.07. The molecule has 0 unspecified atom stereocenters. The summed E-state index contributed by atoms with van der Waals surface area (Å²) in [4.78, 5) is 24.7. The zero-order valence-electron chi connectivity index (χ0n) is 21.7. The van der Waals surface area contributed by atoms with Crippen molar-refractivity contribution in [3.05, 3.63) is 36.4 Å². The van der Waals surface area contributed by atoms with E-state index in [1.165, 1.54) is 0 Å². The zero-order chi connectivity index (χ0) is 24.9. The molecule has 3 aliphatic heterocycles. The number of aromatic nitrogens is 2. The van der Waals surface area contributed by atoms with Crippen LogP contribution in [0.3, 0.4) is 0 Å². The van der Waals surface area contributed by atoms with E-state index >= 15 is 0 Å². The maximum Gasteiger partial charge on any atom is 0.225 e. The molecule has 2 aromatic rings. The maximum absolute atomic E-state index is 13.2. The molecule has 3 saturated heterocycles. The van der Waals surface area contributed by atoms with E-state index in [9.17, 15) is 4.79 Å². The number of hydrogen-bond donors (Lipinski definition) is 0. The second-order valence-electron chi connectivity index (χ2n) is 9.95. The molecule has 9 heteroatoms. The van der Waals surface area contributed by atoms with Gasteiger partial charge in [-0.3, -0.25) is 4.79 Å². The van der Waals surface area contributed by atoms with Crippen LogP contribution in [0.25, 0.3) is 0 Å². The Bertz CT molecular complexity index is 993. The number of carbonyl (C=O) groups excluding carboxylic acids is 1. The second-order valence-corrected chi connectivity index (χ2v) is 9.95. The lowest BCUT2D eigenvalue weighted by Gasteiger charge is -2.39. The van der Waals surface area contributed by atoms with Gasteiger partial charge in [-0.15, -0.1) is 10.2 Å². The summed E-state index contributed by atoms with van der Waals surface area (Å²) in [6, 6.07) is 12.3. The highest BCUT2D eigenvalue weighted by molar-refractivity contribution is 5.79. The Kier molecular flexibility index (Phi) is 7.75. The van der Waals surface area contributed by atoms with Crippen LogP contribution in [0.1, 0.15) is 19.8 Å². The Balaban J connectivity index is 1.08. The van der Waals surface area contributed by atoms with Gasteiger partial charge < -0.3 is 29.2 Å². The van der Waals surface area contributed by atoms with Crippen LogP contribution in [-0.4, -0.2) is 105 Å². The molecule has 1 aromatic heterocycles. The number of rotatable bonds is 6. The van der Waals surface area contributed by atoms with Gasteiger partial charge in [0.15, 0.2) is 11.6 Å². The summed E-state index contributed by atoms with van der Waals surface area (Å²) in [7, 11) is 1.69. The van der Waals surface area contributed by atoms with Gasteiger partial charge >= 0.3 is 0 Å². The van der Waals surface area contributed by atoms with Crippen molar-refractivity contribution < 1.29 is 9.53 Å². The van der Waals surface area contributed by atoms with E-state index in [2.05, 4.69) is 65.9 Å². The highest BCUT2D eigenvalue weighted by atomic mass is 16.5. The molecule has 36 heavy (non-hydrogen) atoms. The van der Waals surface area contributed by atoms with Gasteiger partial charge in [0.1, 0.15) is 5.75 Å². The van der Waals surface area contributed by atoms with Gasteiger partial charge in [-0.05, 0) is 43.7 Å². The van der Waals surface area contributed by atoms with Crippen LogP contribution < -0.4 is 19.4 Å². The summed E-state index contributed by atoms with van der Waals surface area (Å²) < 4.78 is 5.36. The van der Waals surface area contributed by atoms with E-state index in [0.717, 1.165) is 108 Å². The number of benzene rings is 1. The number of carbonyl (C=O) groups is 1. The van der Waals surface area contributed by atoms with Crippen molar-refractivity contribution in [3.63, 3.8) is 0 Å². The number of ether oxygens (including phenoxy) is 1. The third kappa shape index (κ3) is 5.51. The molecule has 3 fully saturated rings. The fourth-order valence-electron chi connectivity index (χ4n) is 5.55. The quantitative estimate of drug-likeness (QED) is 0.607. The van der Waals surface area contributed by atoms with E-state index in [1.54, 1.807) is 7.11 Å². The van der Waals surface area contributed by atoms with Crippen molar-refractivity contribution in [2.45, 2.75) is 19.8 Å². The van der Waals surface area contributed by atoms with Gasteiger partial charge in [0.25, 0.3) is 0 Å². The molecule has 5 rings (SSSR count). The highest BCUT2D eigenvalue weighted by Crippen LogP contribution is 2.26. The molecule has 0 bridgehead atoms. The fourth-order valence-corrected chi connectivity index (χ4v) is 5.55. The van der Waals surface area contributed by atoms with Crippen LogP contribution in [0.15, 0.2) is 36.4 Å². The van der Waals surface area contributed by atoms with Gasteiger partial charge in [0.2, 0.25) is 5.91 Å². The minimum absolute atomic E-state index is 0.103. The Morgan fingerprint density at radius 3 is 2.03 bits per heavy atom. The predicted molar refractivity (Wildman–Crippen MR) is 143 cm³/mol. The predicted octanol–water partition coefficient (Wildman–Crippen LogP) is 2.19. The maximum atomic E-state index is 13.2.